The van der Waals surface area contributed by atoms with E-state index < -0.39 is 0 Å². The number of nitrogens with zero attached hydrogens (tertiary/aromatic N) is 1. The van der Waals surface area contributed by atoms with Crippen LogP contribution in [0, 0.1) is 5.82 Å². The fourth-order valence-corrected chi connectivity index (χ4v) is 2.28. The first kappa shape index (κ1) is 13.3. The van der Waals surface area contributed by atoms with E-state index in [9.17, 15) is 4.39 Å². The smallest absolute Gasteiger partial charge is 0.165 e. The number of para-hydroxylation sites is 1. The number of nitrogens with two attached hydrogens (primary N) is 1. The number of hydrogen-bond acceptors (Lipinski definition) is 3. The van der Waals surface area contributed by atoms with Crippen LogP contribution in [0.25, 0.3) is 0 Å². The molecule has 0 aliphatic carbocycles. The Morgan fingerprint density at radius 2 is 2.06 bits per heavy atom. The van der Waals surface area contributed by atoms with Gasteiger partial charge >= 0.3 is 0 Å². The highest BCUT2D eigenvalue weighted by Gasteiger charge is 2.21. The van der Waals surface area contributed by atoms with Crippen molar-refractivity contribution in [1.82, 2.24) is 4.90 Å². The molecule has 18 heavy (non-hydrogen) atoms. The van der Waals surface area contributed by atoms with E-state index >= 15 is 0 Å². The van der Waals surface area contributed by atoms with Crippen LogP contribution < -0.4 is 10.5 Å². The van der Waals surface area contributed by atoms with Crippen LogP contribution in [-0.4, -0.2) is 31.1 Å². The van der Waals surface area contributed by atoms with Crippen LogP contribution in [0.4, 0.5) is 4.39 Å². The normalized spacial score (nSPS) is 19.8. The van der Waals surface area contributed by atoms with Gasteiger partial charge in [-0.2, -0.15) is 0 Å². The average molecular weight is 252 g/mol. The zero-order chi connectivity index (χ0) is 13.1. The molecule has 1 aliphatic rings. The molecule has 0 saturated carbocycles. The summed E-state index contributed by atoms with van der Waals surface area (Å²) in [5, 5.41) is 0. The summed E-state index contributed by atoms with van der Waals surface area (Å²) in [6.45, 7) is 3.83. The van der Waals surface area contributed by atoms with Gasteiger partial charge in [0.15, 0.2) is 11.6 Å². The Bertz CT molecular complexity index is 401. The second-order valence-corrected chi connectivity index (χ2v) is 5.07. The maximum Gasteiger partial charge on any atom is 0.165 e. The molecule has 1 unspecified atom stereocenters. The van der Waals surface area contributed by atoms with Crippen molar-refractivity contribution in [3.8, 4) is 5.75 Å². The number of benzene rings is 1. The zero-order valence-electron chi connectivity index (χ0n) is 11.0. The monoisotopic (exact) mass is 252 g/mol. The lowest BCUT2D eigenvalue weighted by Crippen LogP contribution is -2.36. The number of ether oxygens (including phenoxy) is 1. The van der Waals surface area contributed by atoms with Crippen molar-refractivity contribution in [3.05, 3.63) is 29.6 Å². The maximum absolute atomic E-state index is 13.9. The van der Waals surface area contributed by atoms with Crippen LogP contribution in [0.1, 0.15) is 31.4 Å². The highest BCUT2D eigenvalue weighted by Crippen LogP contribution is 2.29. The number of likely N-dealkylation sites (tertiary alicyclic amines) is 1. The molecule has 0 amide bonds. The molecule has 100 valence electrons. The molecule has 2 rings (SSSR count). The molecule has 0 spiro atoms. The lowest BCUT2D eigenvalue weighted by atomic mass is 10.1. The van der Waals surface area contributed by atoms with Gasteiger partial charge in [-0.15, -0.1) is 0 Å². The molecule has 1 aromatic rings. The van der Waals surface area contributed by atoms with Gasteiger partial charge < -0.3 is 15.4 Å². The molecular weight excluding hydrogens is 231 g/mol. The topological polar surface area (TPSA) is 38.5 Å². The number of piperidine rings is 1. The average Bonchev–Trinajstić information content (AvgIpc) is 2.34. The summed E-state index contributed by atoms with van der Waals surface area (Å²) >= 11 is 0. The Balaban J connectivity index is 2.13. The highest BCUT2D eigenvalue weighted by atomic mass is 19.1. The number of rotatable bonds is 3. The minimum absolute atomic E-state index is 0.0931. The molecule has 3 nitrogen and oxygen atoms in total. The SMILES string of the molecule is CC(N)c1cccc(F)c1OC1CCN(C)CC1. The van der Waals surface area contributed by atoms with Crippen LogP contribution >= 0.6 is 0 Å². The molecule has 1 saturated heterocycles. The van der Waals surface area contributed by atoms with Gasteiger partial charge in [-0.3, -0.25) is 0 Å². The second kappa shape index (κ2) is 5.67. The first-order chi connectivity index (χ1) is 8.58. The predicted octanol–water partition coefficient (Wildman–Crippen LogP) is 2.32. The molecule has 1 aromatic carbocycles. The molecule has 0 aromatic heterocycles. The molecule has 4 heteroatoms. The number of hydrogen-bond donors (Lipinski definition) is 1. The van der Waals surface area contributed by atoms with Crippen molar-refractivity contribution < 1.29 is 9.13 Å². The van der Waals surface area contributed by atoms with Gasteiger partial charge in [-0.05, 0) is 32.9 Å². The van der Waals surface area contributed by atoms with Crippen molar-refractivity contribution >= 4 is 0 Å². The fourth-order valence-electron chi connectivity index (χ4n) is 2.28. The summed E-state index contributed by atoms with van der Waals surface area (Å²) in [5.74, 6) is 0.0192. The molecule has 1 aliphatic heterocycles. The van der Waals surface area contributed by atoms with Gasteiger partial charge in [0.1, 0.15) is 6.10 Å². The summed E-state index contributed by atoms with van der Waals surface area (Å²) in [6, 6.07) is 4.71. The third-order valence-corrected chi connectivity index (χ3v) is 3.44. The Kier molecular flexibility index (Phi) is 4.19. The van der Waals surface area contributed by atoms with Gasteiger partial charge in [0.25, 0.3) is 0 Å². The van der Waals surface area contributed by atoms with Crippen LogP contribution in [-0.2, 0) is 0 Å². The predicted molar refractivity (Wildman–Crippen MR) is 70.1 cm³/mol. The van der Waals surface area contributed by atoms with Gasteiger partial charge in [-0.25, -0.2) is 4.39 Å². The van der Waals surface area contributed by atoms with Crippen LogP contribution in [0.15, 0.2) is 18.2 Å². The Labute approximate surface area is 108 Å². The summed E-state index contributed by atoms with van der Waals surface area (Å²) in [5.41, 5.74) is 6.60. The summed E-state index contributed by atoms with van der Waals surface area (Å²) in [7, 11) is 2.09. The summed E-state index contributed by atoms with van der Waals surface area (Å²) in [6.07, 6.45) is 1.96. The summed E-state index contributed by atoms with van der Waals surface area (Å²) < 4.78 is 19.7. The molecule has 1 atom stereocenters. The second-order valence-electron chi connectivity index (χ2n) is 5.07. The minimum Gasteiger partial charge on any atom is -0.487 e. The van der Waals surface area contributed by atoms with E-state index in [1.807, 2.05) is 13.0 Å². The summed E-state index contributed by atoms with van der Waals surface area (Å²) in [4.78, 5) is 2.26. The lowest BCUT2D eigenvalue weighted by Gasteiger charge is -2.30. The van der Waals surface area contributed by atoms with Crippen LogP contribution in [0.5, 0.6) is 5.75 Å². The molecule has 1 heterocycles. The van der Waals surface area contributed by atoms with E-state index in [0.29, 0.717) is 5.75 Å². The molecule has 1 fully saturated rings. The van der Waals surface area contributed by atoms with E-state index in [0.717, 1.165) is 31.5 Å². The molecule has 0 radical (unpaired) electrons. The fraction of sp³-hybridized carbons (Fsp3) is 0.571. The standard InChI is InChI=1S/C14H21FN2O/c1-10(16)12-4-3-5-13(15)14(12)18-11-6-8-17(2)9-7-11/h3-5,10-11H,6-9,16H2,1-2H3. The van der Waals surface area contributed by atoms with E-state index in [1.54, 1.807) is 6.07 Å². The molecule has 0 bridgehead atoms. The third-order valence-electron chi connectivity index (χ3n) is 3.44. The quantitative estimate of drug-likeness (QED) is 0.897. The van der Waals surface area contributed by atoms with Gasteiger partial charge in [0.2, 0.25) is 0 Å². The number of halogens is 1. The Morgan fingerprint density at radius 1 is 1.39 bits per heavy atom. The van der Waals surface area contributed by atoms with Crippen molar-refractivity contribution in [2.24, 2.45) is 5.73 Å². The largest absolute Gasteiger partial charge is 0.487 e. The van der Waals surface area contributed by atoms with Gasteiger partial charge in [-0.1, -0.05) is 12.1 Å². The molecular formula is C14H21FN2O. The molecule has 2 N–H and O–H groups in total. The lowest BCUT2D eigenvalue weighted by molar-refractivity contribution is 0.109. The minimum atomic E-state index is -0.316. The van der Waals surface area contributed by atoms with E-state index in [4.69, 9.17) is 10.5 Å². The van der Waals surface area contributed by atoms with Crippen LogP contribution in [0.3, 0.4) is 0 Å². The Morgan fingerprint density at radius 3 is 2.67 bits per heavy atom. The van der Waals surface area contributed by atoms with E-state index in [1.165, 1.54) is 6.07 Å². The van der Waals surface area contributed by atoms with E-state index in [2.05, 4.69) is 11.9 Å². The zero-order valence-corrected chi connectivity index (χ0v) is 11.0. The highest BCUT2D eigenvalue weighted by molar-refractivity contribution is 5.37. The Hall–Kier alpha value is -1.13. The van der Waals surface area contributed by atoms with Crippen molar-refractivity contribution in [1.29, 1.82) is 0 Å². The third kappa shape index (κ3) is 3.00. The van der Waals surface area contributed by atoms with Crippen LogP contribution in [0.2, 0.25) is 0 Å². The maximum atomic E-state index is 13.9. The first-order valence-electron chi connectivity index (χ1n) is 6.47. The first-order valence-corrected chi connectivity index (χ1v) is 6.47. The van der Waals surface area contributed by atoms with E-state index in [-0.39, 0.29) is 18.0 Å². The van der Waals surface area contributed by atoms with Gasteiger partial charge in [0.05, 0.1) is 0 Å². The van der Waals surface area contributed by atoms with Crippen molar-refractivity contribution in [3.63, 3.8) is 0 Å². The van der Waals surface area contributed by atoms with Crippen molar-refractivity contribution in [2.75, 3.05) is 20.1 Å². The van der Waals surface area contributed by atoms with Crippen molar-refractivity contribution in [2.45, 2.75) is 31.9 Å². The van der Waals surface area contributed by atoms with Gasteiger partial charge in [0, 0.05) is 24.7 Å².